The van der Waals surface area contributed by atoms with E-state index in [9.17, 15) is 14.7 Å². The van der Waals surface area contributed by atoms with Gasteiger partial charge in [-0.05, 0) is 25.0 Å². The van der Waals surface area contributed by atoms with Crippen molar-refractivity contribution < 1.29 is 24.2 Å². The smallest absolute Gasteiger partial charge is 0.220 e. The maximum atomic E-state index is 12.2. The largest absolute Gasteiger partial charge is 0.497 e. The summed E-state index contributed by atoms with van der Waals surface area (Å²) in [5, 5.41) is 12.4. The van der Waals surface area contributed by atoms with Crippen molar-refractivity contribution in [3.8, 4) is 5.75 Å². The van der Waals surface area contributed by atoms with Crippen molar-refractivity contribution in [1.29, 1.82) is 0 Å². The van der Waals surface area contributed by atoms with E-state index < -0.39 is 0 Å². The Balaban J connectivity index is 1.79. The number of hydrogen-bond donors (Lipinski definition) is 2. The number of nitrogens with one attached hydrogen (secondary N) is 1. The first-order valence-electron chi connectivity index (χ1n) is 8.21. The van der Waals surface area contributed by atoms with Crippen LogP contribution in [-0.2, 0) is 9.53 Å². The predicted octanol–water partition coefficient (Wildman–Crippen LogP) is 1.56. The Morgan fingerprint density at radius 2 is 2.04 bits per heavy atom. The van der Waals surface area contributed by atoms with Crippen LogP contribution in [0.5, 0.6) is 5.75 Å². The molecule has 1 amide bonds. The minimum absolute atomic E-state index is 0.0272. The quantitative estimate of drug-likeness (QED) is 0.704. The third-order valence-corrected chi connectivity index (χ3v) is 4.52. The van der Waals surface area contributed by atoms with E-state index in [0.717, 1.165) is 12.8 Å². The Bertz CT molecular complexity index is 566. The van der Waals surface area contributed by atoms with Crippen LogP contribution < -0.4 is 10.1 Å². The molecule has 1 aliphatic heterocycles. The normalized spacial score (nSPS) is 16.4. The number of methoxy groups -OCH3 is 1. The monoisotopic (exact) mass is 335 g/mol. The molecular formula is C18H25NO5. The van der Waals surface area contributed by atoms with Gasteiger partial charge in [0.1, 0.15) is 5.75 Å². The Hall–Kier alpha value is -1.92. The number of Topliss-reactive ketones (excluding diaryl/α,β-unsaturated/α-hetero) is 1. The van der Waals surface area contributed by atoms with Crippen molar-refractivity contribution in [3.05, 3.63) is 29.8 Å². The molecule has 24 heavy (non-hydrogen) atoms. The van der Waals surface area contributed by atoms with Crippen LogP contribution in [0.1, 0.15) is 36.0 Å². The number of carbonyl (C=O) groups is 2. The number of aliphatic hydroxyl groups excluding tert-OH is 1. The van der Waals surface area contributed by atoms with Crippen LogP contribution in [0, 0.1) is 5.41 Å². The molecule has 132 valence electrons. The summed E-state index contributed by atoms with van der Waals surface area (Å²) in [6.45, 7) is 1.65. The van der Waals surface area contributed by atoms with E-state index in [2.05, 4.69) is 5.32 Å². The molecule has 0 bridgehead atoms. The fourth-order valence-electron chi connectivity index (χ4n) is 2.74. The minimum Gasteiger partial charge on any atom is -0.497 e. The van der Waals surface area contributed by atoms with Crippen molar-refractivity contribution in [2.24, 2.45) is 5.41 Å². The van der Waals surface area contributed by atoms with Gasteiger partial charge in [0.15, 0.2) is 5.78 Å². The van der Waals surface area contributed by atoms with Gasteiger partial charge < -0.3 is 19.9 Å². The van der Waals surface area contributed by atoms with Crippen molar-refractivity contribution in [1.82, 2.24) is 5.32 Å². The first kappa shape index (κ1) is 18.4. The van der Waals surface area contributed by atoms with E-state index >= 15 is 0 Å². The van der Waals surface area contributed by atoms with Crippen LogP contribution in [0.4, 0.5) is 0 Å². The van der Waals surface area contributed by atoms with E-state index in [1.54, 1.807) is 31.4 Å². The summed E-state index contributed by atoms with van der Waals surface area (Å²) in [6.07, 6.45) is 1.74. The number of benzene rings is 1. The van der Waals surface area contributed by atoms with E-state index in [1.807, 2.05) is 0 Å². The molecular weight excluding hydrogens is 310 g/mol. The molecule has 1 aromatic rings. The second kappa shape index (κ2) is 8.80. The van der Waals surface area contributed by atoms with E-state index in [0.29, 0.717) is 31.1 Å². The molecule has 0 unspecified atom stereocenters. The lowest BCUT2D eigenvalue weighted by Gasteiger charge is -2.35. The Labute approximate surface area is 142 Å². The molecule has 0 spiro atoms. The average Bonchev–Trinajstić information content (AvgIpc) is 2.65. The highest BCUT2D eigenvalue weighted by molar-refractivity contribution is 5.98. The lowest BCUT2D eigenvalue weighted by Crippen LogP contribution is -2.43. The molecule has 0 aromatic heterocycles. The van der Waals surface area contributed by atoms with Crippen molar-refractivity contribution in [2.75, 3.05) is 33.5 Å². The molecule has 2 rings (SSSR count). The van der Waals surface area contributed by atoms with E-state index in [1.165, 1.54) is 0 Å². The third kappa shape index (κ3) is 5.04. The van der Waals surface area contributed by atoms with Gasteiger partial charge in [-0.3, -0.25) is 9.59 Å². The molecule has 2 N–H and O–H groups in total. The maximum absolute atomic E-state index is 12.2. The highest BCUT2D eigenvalue weighted by atomic mass is 16.5. The van der Waals surface area contributed by atoms with Gasteiger partial charge in [-0.1, -0.05) is 12.1 Å². The summed E-state index contributed by atoms with van der Waals surface area (Å²) in [6, 6.07) is 6.91. The van der Waals surface area contributed by atoms with Crippen LogP contribution in [-0.4, -0.2) is 50.3 Å². The molecule has 0 saturated carbocycles. The second-order valence-corrected chi connectivity index (χ2v) is 6.20. The summed E-state index contributed by atoms with van der Waals surface area (Å²) in [4.78, 5) is 24.2. The van der Waals surface area contributed by atoms with Crippen LogP contribution >= 0.6 is 0 Å². The van der Waals surface area contributed by atoms with Gasteiger partial charge in [0.05, 0.1) is 13.7 Å². The van der Waals surface area contributed by atoms with Crippen molar-refractivity contribution in [2.45, 2.75) is 25.7 Å². The summed E-state index contributed by atoms with van der Waals surface area (Å²) in [5.74, 6) is 0.354. The number of aliphatic hydroxyl groups is 1. The highest BCUT2D eigenvalue weighted by Crippen LogP contribution is 2.29. The second-order valence-electron chi connectivity index (χ2n) is 6.20. The number of rotatable bonds is 8. The Kier molecular flexibility index (Phi) is 6.75. The number of hydrogen-bond acceptors (Lipinski definition) is 5. The van der Waals surface area contributed by atoms with Gasteiger partial charge in [0.25, 0.3) is 0 Å². The maximum Gasteiger partial charge on any atom is 0.220 e. The zero-order valence-corrected chi connectivity index (χ0v) is 14.0. The van der Waals surface area contributed by atoms with E-state index in [-0.39, 0.29) is 36.6 Å². The standard InChI is InChI=1S/C18H25NO5/c1-23-15-4-2-3-14(11-15)16(21)5-6-17(22)19-12-18(13-20)7-9-24-10-8-18/h2-4,11,20H,5-10,12-13H2,1H3,(H,19,22). The fraction of sp³-hybridized carbons (Fsp3) is 0.556. The average molecular weight is 335 g/mol. The summed E-state index contributed by atoms with van der Waals surface area (Å²) < 4.78 is 10.4. The first-order chi connectivity index (χ1) is 11.6. The zero-order chi connectivity index (χ0) is 17.4. The third-order valence-electron chi connectivity index (χ3n) is 4.52. The van der Waals surface area contributed by atoms with Gasteiger partial charge in [-0.25, -0.2) is 0 Å². The Morgan fingerprint density at radius 3 is 2.71 bits per heavy atom. The fourth-order valence-corrected chi connectivity index (χ4v) is 2.74. The summed E-state index contributed by atoms with van der Waals surface area (Å²) >= 11 is 0. The molecule has 1 saturated heterocycles. The molecule has 0 aliphatic carbocycles. The molecule has 1 heterocycles. The topological polar surface area (TPSA) is 84.9 Å². The molecule has 6 heteroatoms. The van der Waals surface area contributed by atoms with Gasteiger partial charge in [-0.15, -0.1) is 0 Å². The summed E-state index contributed by atoms with van der Waals surface area (Å²) in [5.41, 5.74) is 0.239. The first-order valence-corrected chi connectivity index (χ1v) is 8.21. The molecule has 0 radical (unpaired) electrons. The van der Waals surface area contributed by atoms with Crippen LogP contribution in [0.15, 0.2) is 24.3 Å². The van der Waals surface area contributed by atoms with Crippen molar-refractivity contribution in [3.63, 3.8) is 0 Å². The SMILES string of the molecule is COc1cccc(C(=O)CCC(=O)NCC2(CO)CCOCC2)c1. The van der Waals surface area contributed by atoms with Gasteiger partial charge in [-0.2, -0.15) is 0 Å². The number of ether oxygens (including phenoxy) is 2. The predicted molar refractivity (Wildman–Crippen MR) is 89.1 cm³/mol. The molecule has 1 aliphatic rings. The molecule has 1 aromatic carbocycles. The Morgan fingerprint density at radius 1 is 1.29 bits per heavy atom. The molecule has 0 atom stereocenters. The highest BCUT2D eigenvalue weighted by Gasteiger charge is 2.32. The van der Waals surface area contributed by atoms with E-state index in [4.69, 9.17) is 9.47 Å². The summed E-state index contributed by atoms with van der Waals surface area (Å²) in [7, 11) is 1.55. The van der Waals surface area contributed by atoms with Gasteiger partial charge in [0.2, 0.25) is 5.91 Å². The lowest BCUT2D eigenvalue weighted by molar-refractivity contribution is -0.122. The molecule has 1 fully saturated rings. The lowest BCUT2D eigenvalue weighted by atomic mass is 9.81. The van der Waals surface area contributed by atoms with Crippen LogP contribution in [0.25, 0.3) is 0 Å². The minimum atomic E-state index is -0.301. The number of carbonyl (C=O) groups excluding carboxylic acids is 2. The van der Waals surface area contributed by atoms with Crippen LogP contribution in [0.2, 0.25) is 0 Å². The molecule has 6 nitrogen and oxygen atoms in total. The van der Waals surface area contributed by atoms with Gasteiger partial charge in [0, 0.05) is 43.6 Å². The van der Waals surface area contributed by atoms with Crippen molar-refractivity contribution >= 4 is 11.7 Å². The number of ketones is 1. The zero-order valence-electron chi connectivity index (χ0n) is 14.0. The number of amides is 1. The van der Waals surface area contributed by atoms with Crippen LogP contribution in [0.3, 0.4) is 0 Å². The van der Waals surface area contributed by atoms with Gasteiger partial charge >= 0.3 is 0 Å².